The van der Waals surface area contributed by atoms with E-state index >= 15 is 0 Å². The third-order valence-electron chi connectivity index (χ3n) is 2.96. The molecule has 19 heavy (non-hydrogen) atoms. The van der Waals surface area contributed by atoms with Gasteiger partial charge in [0.25, 0.3) is 0 Å². The molecule has 2 nitrogen and oxygen atoms in total. The Morgan fingerprint density at radius 3 is 2.21 bits per heavy atom. The van der Waals surface area contributed by atoms with Crippen LogP contribution in [0.1, 0.15) is 31.9 Å². The molecule has 0 saturated heterocycles. The molecule has 0 amide bonds. The van der Waals surface area contributed by atoms with Crippen molar-refractivity contribution in [2.24, 2.45) is 0 Å². The van der Waals surface area contributed by atoms with E-state index in [0.717, 1.165) is 0 Å². The molecule has 0 heterocycles. The average molecular weight is 275 g/mol. The topological polar surface area (TPSA) is 21.3 Å². The highest BCUT2D eigenvalue weighted by atomic mass is 19.4. The van der Waals surface area contributed by atoms with Crippen LogP contribution in [0.15, 0.2) is 30.3 Å². The fourth-order valence-electron chi connectivity index (χ4n) is 1.67. The van der Waals surface area contributed by atoms with Crippen molar-refractivity contribution in [3.63, 3.8) is 0 Å². The van der Waals surface area contributed by atoms with Gasteiger partial charge in [0.15, 0.2) is 0 Å². The Bertz CT molecular complexity index is 376. The number of methoxy groups -OCH3 is 1. The van der Waals surface area contributed by atoms with E-state index in [1.807, 2.05) is 13.8 Å². The Morgan fingerprint density at radius 2 is 1.74 bits per heavy atom. The van der Waals surface area contributed by atoms with E-state index in [1.165, 1.54) is 0 Å². The Labute approximate surface area is 112 Å². The molecule has 1 unspecified atom stereocenters. The molecule has 1 aromatic rings. The third kappa shape index (κ3) is 6.07. The van der Waals surface area contributed by atoms with E-state index < -0.39 is 24.2 Å². The van der Waals surface area contributed by atoms with Gasteiger partial charge in [-0.1, -0.05) is 30.3 Å². The van der Waals surface area contributed by atoms with Crippen LogP contribution in [0, 0.1) is 0 Å². The van der Waals surface area contributed by atoms with Crippen molar-refractivity contribution < 1.29 is 17.9 Å². The van der Waals surface area contributed by atoms with Crippen molar-refractivity contribution in [3.05, 3.63) is 35.9 Å². The molecule has 0 aliphatic heterocycles. The lowest BCUT2D eigenvalue weighted by Crippen LogP contribution is -2.39. The number of rotatable bonds is 6. The third-order valence-corrected chi connectivity index (χ3v) is 2.96. The van der Waals surface area contributed by atoms with Gasteiger partial charge in [-0.25, -0.2) is 0 Å². The minimum Gasteiger partial charge on any atom is -0.377 e. The van der Waals surface area contributed by atoms with Gasteiger partial charge >= 0.3 is 6.18 Å². The first-order chi connectivity index (χ1) is 8.73. The second kappa shape index (κ2) is 6.39. The Balaban J connectivity index is 2.77. The van der Waals surface area contributed by atoms with Gasteiger partial charge in [-0.2, -0.15) is 13.2 Å². The molecule has 1 aromatic carbocycles. The maximum atomic E-state index is 12.6. The molecule has 1 atom stereocenters. The Hall–Kier alpha value is -1.07. The molecule has 0 saturated carbocycles. The van der Waals surface area contributed by atoms with Gasteiger partial charge in [-0.15, -0.1) is 0 Å². The summed E-state index contributed by atoms with van der Waals surface area (Å²) >= 11 is 0. The van der Waals surface area contributed by atoms with Crippen LogP contribution in [-0.4, -0.2) is 25.4 Å². The van der Waals surface area contributed by atoms with E-state index in [9.17, 15) is 13.2 Å². The molecule has 0 radical (unpaired) electrons. The Morgan fingerprint density at radius 1 is 1.16 bits per heavy atom. The van der Waals surface area contributed by atoms with Gasteiger partial charge in [0.2, 0.25) is 0 Å². The maximum absolute atomic E-state index is 12.6. The van der Waals surface area contributed by atoms with Crippen molar-refractivity contribution in [1.29, 1.82) is 0 Å². The molecule has 0 aliphatic carbocycles. The van der Waals surface area contributed by atoms with Crippen molar-refractivity contribution in [2.45, 2.75) is 38.1 Å². The normalized spacial score (nSPS) is 14.4. The largest absolute Gasteiger partial charge is 0.390 e. The molecule has 0 spiro atoms. The van der Waals surface area contributed by atoms with Crippen LogP contribution < -0.4 is 5.32 Å². The molecule has 0 bridgehead atoms. The molecule has 108 valence electrons. The van der Waals surface area contributed by atoms with Crippen LogP contribution in [0.5, 0.6) is 0 Å². The van der Waals surface area contributed by atoms with Gasteiger partial charge in [0.1, 0.15) is 0 Å². The summed E-state index contributed by atoms with van der Waals surface area (Å²) < 4.78 is 43.1. The van der Waals surface area contributed by atoms with Crippen molar-refractivity contribution in [1.82, 2.24) is 5.32 Å². The van der Waals surface area contributed by atoms with Crippen LogP contribution in [0.4, 0.5) is 13.2 Å². The van der Waals surface area contributed by atoms with Crippen molar-refractivity contribution in [3.8, 4) is 0 Å². The van der Waals surface area contributed by atoms with E-state index in [1.54, 1.807) is 37.4 Å². The minimum atomic E-state index is -4.20. The monoisotopic (exact) mass is 275 g/mol. The highest BCUT2D eigenvalue weighted by molar-refractivity contribution is 5.19. The standard InChI is InChI=1S/C14H20F3NO/c1-13(2,19-3)10-18-12(9-14(15,16)17)11-7-5-4-6-8-11/h4-8,12,18H,9-10H2,1-3H3. The number of ether oxygens (including phenoxy) is 1. The Kier molecular flexibility index (Phi) is 5.38. The van der Waals surface area contributed by atoms with Gasteiger partial charge in [-0.05, 0) is 19.4 Å². The van der Waals surface area contributed by atoms with Crippen LogP contribution in [0.2, 0.25) is 0 Å². The quantitative estimate of drug-likeness (QED) is 0.854. The lowest BCUT2D eigenvalue weighted by molar-refractivity contribution is -0.141. The summed E-state index contributed by atoms with van der Waals surface area (Å²) in [4.78, 5) is 0. The first-order valence-corrected chi connectivity index (χ1v) is 6.14. The van der Waals surface area contributed by atoms with Gasteiger partial charge < -0.3 is 10.1 Å². The fourth-order valence-corrected chi connectivity index (χ4v) is 1.67. The maximum Gasteiger partial charge on any atom is 0.390 e. The van der Waals surface area contributed by atoms with Crippen LogP contribution >= 0.6 is 0 Å². The van der Waals surface area contributed by atoms with E-state index in [2.05, 4.69) is 5.32 Å². The summed E-state index contributed by atoms with van der Waals surface area (Å²) in [5.41, 5.74) is 0.130. The summed E-state index contributed by atoms with van der Waals surface area (Å²) in [5.74, 6) is 0. The molecular weight excluding hydrogens is 255 g/mol. The molecule has 1 N–H and O–H groups in total. The highest BCUT2D eigenvalue weighted by Gasteiger charge is 2.33. The summed E-state index contributed by atoms with van der Waals surface area (Å²) in [5, 5.41) is 2.94. The van der Waals surface area contributed by atoms with Crippen molar-refractivity contribution >= 4 is 0 Å². The SMILES string of the molecule is COC(C)(C)CNC(CC(F)(F)F)c1ccccc1. The zero-order chi connectivity index (χ0) is 14.5. The lowest BCUT2D eigenvalue weighted by atomic mass is 10.0. The first kappa shape index (κ1) is 16.0. The molecule has 1 rings (SSSR count). The summed E-state index contributed by atoms with van der Waals surface area (Å²) in [6, 6.07) is 7.90. The number of hydrogen-bond acceptors (Lipinski definition) is 2. The number of alkyl halides is 3. The van der Waals surface area contributed by atoms with Crippen LogP contribution in [0.3, 0.4) is 0 Å². The van der Waals surface area contributed by atoms with Crippen molar-refractivity contribution in [2.75, 3.05) is 13.7 Å². The second-order valence-corrected chi connectivity index (χ2v) is 5.13. The molecule has 5 heteroatoms. The predicted octanol–water partition coefficient (Wildman–Crippen LogP) is 3.69. The smallest absolute Gasteiger partial charge is 0.377 e. The number of benzene rings is 1. The van der Waals surface area contributed by atoms with E-state index in [-0.39, 0.29) is 0 Å². The highest BCUT2D eigenvalue weighted by Crippen LogP contribution is 2.29. The van der Waals surface area contributed by atoms with Gasteiger partial charge in [0.05, 0.1) is 12.0 Å². The average Bonchev–Trinajstić information content (AvgIpc) is 2.34. The predicted molar refractivity (Wildman–Crippen MR) is 68.9 cm³/mol. The second-order valence-electron chi connectivity index (χ2n) is 5.13. The molecule has 0 fully saturated rings. The van der Waals surface area contributed by atoms with E-state index in [0.29, 0.717) is 12.1 Å². The molecule has 0 aromatic heterocycles. The summed E-state index contributed by atoms with van der Waals surface area (Å²) in [6.45, 7) is 4.00. The summed E-state index contributed by atoms with van der Waals surface area (Å²) in [7, 11) is 1.54. The summed E-state index contributed by atoms with van der Waals surface area (Å²) in [6.07, 6.45) is -5.10. The number of hydrogen-bond donors (Lipinski definition) is 1. The number of halogens is 3. The van der Waals surface area contributed by atoms with Crippen LogP contribution in [0.25, 0.3) is 0 Å². The molecule has 0 aliphatic rings. The minimum absolute atomic E-state index is 0.346. The molecular formula is C14H20F3NO. The van der Waals surface area contributed by atoms with Crippen LogP contribution in [-0.2, 0) is 4.74 Å². The lowest BCUT2D eigenvalue weighted by Gasteiger charge is -2.28. The van der Waals surface area contributed by atoms with Gasteiger partial charge in [-0.3, -0.25) is 0 Å². The zero-order valence-electron chi connectivity index (χ0n) is 11.4. The first-order valence-electron chi connectivity index (χ1n) is 6.14. The van der Waals surface area contributed by atoms with E-state index in [4.69, 9.17) is 4.74 Å². The van der Waals surface area contributed by atoms with Gasteiger partial charge in [0, 0.05) is 19.7 Å². The fraction of sp³-hybridized carbons (Fsp3) is 0.571. The number of nitrogens with one attached hydrogen (secondary N) is 1. The zero-order valence-corrected chi connectivity index (χ0v) is 11.4.